The molecule has 1 aromatic heterocycles. The average Bonchev–Trinajstić information content (AvgIpc) is 3.18. The van der Waals surface area contributed by atoms with Gasteiger partial charge < -0.3 is 9.84 Å². The van der Waals surface area contributed by atoms with Crippen LogP contribution in [0, 0.1) is 11.8 Å². The van der Waals surface area contributed by atoms with Gasteiger partial charge in [-0.25, -0.2) is 4.39 Å². The van der Waals surface area contributed by atoms with E-state index in [9.17, 15) is 14.3 Å². The van der Waals surface area contributed by atoms with Gasteiger partial charge >= 0.3 is 5.97 Å². The highest BCUT2D eigenvalue weighted by Crippen LogP contribution is 2.41. The number of allylic oxidation sites excluding steroid dienone is 5. The first-order valence-electron chi connectivity index (χ1n) is 15.8. The van der Waals surface area contributed by atoms with Gasteiger partial charge in [0.1, 0.15) is 18.0 Å². The molecule has 2 heterocycles. The zero-order valence-corrected chi connectivity index (χ0v) is 26.4. The molecule has 1 N–H and O–H groups in total. The second-order valence-electron chi connectivity index (χ2n) is 13.5. The number of carboxylic acid groups (broad SMARTS) is 1. The number of aryl methyl sites for hydroxylation is 1. The fraction of sp³-hybridized carbons (Fsp3) is 0.474. The molecule has 0 amide bonds. The maximum Gasteiger partial charge on any atom is 0.313 e. The smallest absolute Gasteiger partial charge is 0.313 e. The van der Waals surface area contributed by atoms with Crippen LogP contribution in [0.5, 0.6) is 0 Å². The number of benzene rings is 1. The van der Waals surface area contributed by atoms with E-state index in [1.807, 2.05) is 37.4 Å². The van der Waals surface area contributed by atoms with Crippen LogP contribution in [0.15, 0.2) is 72.2 Å². The Kier molecular flexibility index (Phi) is 8.83. The molecular weight excluding hydrogens is 537 g/mol. The van der Waals surface area contributed by atoms with E-state index in [0.29, 0.717) is 31.3 Å². The summed E-state index contributed by atoms with van der Waals surface area (Å²) in [4.78, 5) is 17.0. The summed E-state index contributed by atoms with van der Waals surface area (Å²) in [6.45, 7) is 14.1. The molecule has 0 radical (unpaired) electrons. The Morgan fingerprint density at radius 3 is 2.47 bits per heavy atom. The molecule has 0 spiro atoms. The normalized spacial score (nSPS) is 24.6. The van der Waals surface area contributed by atoms with Gasteiger partial charge in [0.05, 0.1) is 11.1 Å². The van der Waals surface area contributed by atoms with Gasteiger partial charge in [-0.3, -0.25) is 9.78 Å². The minimum Gasteiger partial charge on any atom is -0.493 e. The van der Waals surface area contributed by atoms with E-state index in [-0.39, 0.29) is 0 Å². The largest absolute Gasteiger partial charge is 0.493 e. The molecule has 5 rings (SSSR count). The van der Waals surface area contributed by atoms with Crippen LogP contribution in [0.25, 0.3) is 11.1 Å². The van der Waals surface area contributed by atoms with Gasteiger partial charge in [0.2, 0.25) is 0 Å². The number of hydrogen-bond acceptors (Lipinski definition) is 3. The number of rotatable bonds is 8. The Morgan fingerprint density at radius 2 is 1.81 bits per heavy atom. The molecule has 1 atom stereocenters. The van der Waals surface area contributed by atoms with Crippen molar-refractivity contribution in [2.24, 2.45) is 11.8 Å². The lowest BCUT2D eigenvalue weighted by atomic mass is 9.77. The second-order valence-corrected chi connectivity index (χ2v) is 13.5. The molecule has 43 heavy (non-hydrogen) atoms. The summed E-state index contributed by atoms with van der Waals surface area (Å²) < 4.78 is 20.7. The average molecular weight is 584 g/mol. The molecule has 228 valence electrons. The number of nitrogens with zero attached hydrogens (tertiary/aromatic N) is 1. The van der Waals surface area contributed by atoms with Crippen molar-refractivity contribution in [1.82, 2.24) is 4.98 Å². The van der Waals surface area contributed by atoms with Crippen molar-refractivity contribution in [2.75, 3.05) is 6.61 Å². The van der Waals surface area contributed by atoms with Gasteiger partial charge in [-0.1, -0.05) is 43.0 Å². The monoisotopic (exact) mass is 583 g/mol. The Bertz CT molecular complexity index is 1490. The number of ether oxygens (including phenoxy) is 1. The minimum absolute atomic E-state index is 0.377. The quantitative estimate of drug-likeness (QED) is 0.315. The lowest BCUT2D eigenvalue weighted by molar-refractivity contribution is -0.142. The van der Waals surface area contributed by atoms with Gasteiger partial charge in [-0.2, -0.15) is 0 Å². The van der Waals surface area contributed by atoms with Gasteiger partial charge in [0.25, 0.3) is 0 Å². The molecule has 1 aliphatic heterocycles. The van der Waals surface area contributed by atoms with Gasteiger partial charge in [0.15, 0.2) is 0 Å². The van der Waals surface area contributed by atoms with Gasteiger partial charge in [0, 0.05) is 22.9 Å². The molecule has 3 aliphatic rings. The zero-order chi connectivity index (χ0) is 30.9. The van der Waals surface area contributed by atoms with Crippen LogP contribution >= 0.6 is 0 Å². The number of carbonyl (C=O) groups is 1. The highest BCUT2D eigenvalue weighted by Gasteiger charge is 2.33. The molecule has 1 aromatic carbocycles. The molecule has 1 unspecified atom stereocenters. The zero-order valence-electron chi connectivity index (χ0n) is 26.4. The molecule has 1 saturated carbocycles. The SMILES string of the molecule is C=CC1(F)CCC(CCC2C=C(c3ccc(C(C)(C)C(=O)O)cc3)c3ncc(C4=C(C)OCC(C)=C4C)cc3CC2)CC1. The summed E-state index contributed by atoms with van der Waals surface area (Å²) in [5.41, 5.74) is 7.70. The number of alkyl halides is 1. The van der Waals surface area contributed by atoms with Crippen LogP contribution in [-0.2, 0) is 21.4 Å². The summed E-state index contributed by atoms with van der Waals surface area (Å²) in [6.07, 6.45) is 13.0. The molecule has 1 fully saturated rings. The fourth-order valence-corrected chi connectivity index (χ4v) is 6.86. The lowest BCUT2D eigenvalue weighted by Crippen LogP contribution is -2.28. The van der Waals surface area contributed by atoms with Crippen molar-refractivity contribution in [3.05, 3.63) is 100 Å². The summed E-state index contributed by atoms with van der Waals surface area (Å²) in [5.74, 6) is 1.02. The van der Waals surface area contributed by atoms with E-state index in [1.54, 1.807) is 13.8 Å². The minimum atomic E-state index is -1.19. The predicted molar refractivity (Wildman–Crippen MR) is 172 cm³/mol. The molecule has 2 aromatic rings. The lowest BCUT2D eigenvalue weighted by Gasteiger charge is -2.32. The third-order valence-electron chi connectivity index (χ3n) is 10.3. The van der Waals surface area contributed by atoms with Crippen LogP contribution < -0.4 is 0 Å². The van der Waals surface area contributed by atoms with Crippen LogP contribution in [0.3, 0.4) is 0 Å². The first kappa shape index (κ1) is 31.0. The van der Waals surface area contributed by atoms with Gasteiger partial charge in [-0.05, 0) is 132 Å². The van der Waals surface area contributed by atoms with Crippen LogP contribution in [0.4, 0.5) is 4.39 Å². The topological polar surface area (TPSA) is 59.4 Å². The number of pyridine rings is 1. The Balaban J connectivity index is 1.47. The number of aliphatic carboxylic acids is 1. The van der Waals surface area contributed by atoms with E-state index >= 15 is 0 Å². The number of hydrogen-bond donors (Lipinski definition) is 1. The molecule has 0 bridgehead atoms. The standard InChI is InChI=1S/C38H46FNO3/c1-7-38(39)18-16-27(17-19-38)8-9-28-10-11-30-21-31(34-25(3)24(2)23-43-26(34)4)22-40-35(30)33(20-28)29-12-14-32(15-13-29)37(5,6)36(41)42/h7,12-15,20-22,27-28H,1,8-11,16-19,23H2,2-6H3,(H,41,42). The van der Waals surface area contributed by atoms with Crippen LogP contribution in [0.1, 0.15) is 108 Å². The molecule has 0 saturated heterocycles. The number of fused-ring (bicyclic) bond motifs is 1. The maximum atomic E-state index is 14.7. The third kappa shape index (κ3) is 6.41. The van der Waals surface area contributed by atoms with Crippen molar-refractivity contribution in [3.63, 3.8) is 0 Å². The maximum absolute atomic E-state index is 14.7. The van der Waals surface area contributed by atoms with Crippen molar-refractivity contribution in [2.45, 2.75) is 97.1 Å². The summed E-state index contributed by atoms with van der Waals surface area (Å²) in [6, 6.07) is 10.3. The highest BCUT2D eigenvalue weighted by atomic mass is 19.1. The Hall–Kier alpha value is -3.47. The van der Waals surface area contributed by atoms with E-state index in [2.05, 4.69) is 32.6 Å². The van der Waals surface area contributed by atoms with Crippen molar-refractivity contribution in [1.29, 1.82) is 0 Å². The fourth-order valence-electron chi connectivity index (χ4n) is 6.86. The van der Waals surface area contributed by atoms with Crippen molar-refractivity contribution < 1.29 is 19.0 Å². The molecule has 2 aliphatic carbocycles. The Morgan fingerprint density at radius 1 is 1.12 bits per heavy atom. The number of halogens is 1. The predicted octanol–water partition coefficient (Wildman–Crippen LogP) is 9.40. The summed E-state index contributed by atoms with van der Waals surface area (Å²) in [5, 5.41) is 9.75. The van der Waals surface area contributed by atoms with E-state index in [4.69, 9.17) is 9.72 Å². The highest BCUT2D eigenvalue weighted by molar-refractivity contribution is 5.85. The second kappa shape index (κ2) is 12.3. The molecular formula is C38H46FNO3. The van der Waals surface area contributed by atoms with Gasteiger partial charge in [-0.15, -0.1) is 0 Å². The third-order valence-corrected chi connectivity index (χ3v) is 10.3. The molecule has 4 nitrogen and oxygen atoms in total. The Labute approximate surface area is 256 Å². The number of aromatic nitrogens is 1. The van der Waals surface area contributed by atoms with Crippen LogP contribution in [-0.4, -0.2) is 28.3 Å². The van der Waals surface area contributed by atoms with E-state index in [1.165, 1.54) is 22.8 Å². The van der Waals surface area contributed by atoms with Crippen molar-refractivity contribution >= 4 is 17.1 Å². The van der Waals surface area contributed by atoms with E-state index < -0.39 is 17.1 Å². The molecule has 5 heteroatoms. The van der Waals surface area contributed by atoms with E-state index in [0.717, 1.165) is 77.8 Å². The summed E-state index contributed by atoms with van der Waals surface area (Å²) in [7, 11) is 0. The van der Waals surface area contributed by atoms with Crippen LogP contribution in [0.2, 0.25) is 0 Å². The first-order valence-corrected chi connectivity index (χ1v) is 15.8. The first-order chi connectivity index (χ1) is 20.4. The van der Waals surface area contributed by atoms with Crippen molar-refractivity contribution in [3.8, 4) is 0 Å². The summed E-state index contributed by atoms with van der Waals surface area (Å²) >= 11 is 0. The number of carboxylic acids is 1.